The van der Waals surface area contributed by atoms with Gasteiger partial charge in [0.2, 0.25) is 0 Å². The van der Waals surface area contributed by atoms with Crippen molar-refractivity contribution in [2.24, 2.45) is 0 Å². The molecule has 150 valence electrons. The van der Waals surface area contributed by atoms with Crippen LogP contribution in [0, 0.1) is 17.5 Å². The molecule has 0 fully saturated rings. The van der Waals surface area contributed by atoms with Crippen LogP contribution in [0.4, 0.5) is 23.7 Å². The van der Waals surface area contributed by atoms with E-state index >= 15 is 0 Å². The van der Waals surface area contributed by atoms with Crippen molar-refractivity contribution in [2.45, 2.75) is 18.5 Å². The fraction of sp³-hybridized carbons (Fsp3) is 0.222. The number of aromatic nitrogens is 4. The minimum atomic E-state index is -0.886. The smallest absolute Gasteiger partial charge is 0.319 e. The third-order valence-electron chi connectivity index (χ3n) is 4.66. The molecule has 0 aliphatic carbocycles. The Morgan fingerprint density at radius 2 is 1.86 bits per heavy atom. The molecule has 1 aromatic heterocycles. The molecular weight excluding hydrogens is 389 g/mol. The van der Waals surface area contributed by atoms with E-state index in [0.29, 0.717) is 5.69 Å². The molecule has 2 unspecified atom stereocenters. The second-order valence-corrected chi connectivity index (χ2v) is 6.41. The molecule has 11 heteroatoms. The number of halogens is 3. The van der Waals surface area contributed by atoms with Crippen molar-refractivity contribution in [3.05, 3.63) is 65.2 Å². The molecule has 0 saturated carbocycles. The summed E-state index contributed by atoms with van der Waals surface area (Å²) in [7, 11) is 1.30. The van der Waals surface area contributed by atoms with Gasteiger partial charge in [0, 0.05) is 29.3 Å². The molecule has 8 nitrogen and oxygen atoms in total. The van der Waals surface area contributed by atoms with Crippen LogP contribution < -0.4 is 15.4 Å². The third kappa shape index (κ3) is 3.58. The summed E-state index contributed by atoms with van der Waals surface area (Å²) in [5.41, 5.74) is 0.130. The second kappa shape index (κ2) is 7.41. The largest absolute Gasteiger partial charge is 0.497 e. The van der Waals surface area contributed by atoms with Gasteiger partial charge in [-0.3, -0.25) is 0 Å². The maximum atomic E-state index is 14.6. The zero-order valence-corrected chi connectivity index (χ0v) is 15.1. The maximum Gasteiger partial charge on any atom is 0.319 e. The van der Waals surface area contributed by atoms with Gasteiger partial charge in [0.15, 0.2) is 5.82 Å². The highest BCUT2D eigenvalue weighted by atomic mass is 19.1. The van der Waals surface area contributed by atoms with E-state index in [1.54, 1.807) is 0 Å². The second-order valence-electron chi connectivity index (χ2n) is 6.41. The number of carbonyl (C=O) groups is 1. The van der Waals surface area contributed by atoms with Crippen LogP contribution in [0.25, 0.3) is 0 Å². The summed E-state index contributed by atoms with van der Waals surface area (Å²) in [5.74, 6) is -2.57. The van der Waals surface area contributed by atoms with Crippen molar-refractivity contribution < 1.29 is 22.7 Å². The van der Waals surface area contributed by atoms with Crippen LogP contribution in [0.2, 0.25) is 0 Å². The van der Waals surface area contributed by atoms with Gasteiger partial charge in [-0.2, -0.15) is 0 Å². The lowest BCUT2D eigenvalue weighted by Crippen LogP contribution is -2.35. The van der Waals surface area contributed by atoms with E-state index < -0.39 is 35.4 Å². The van der Waals surface area contributed by atoms with Crippen molar-refractivity contribution in [2.75, 3.05) is 12.4 Å². The molecule has 1 aliphatic heterocycles. The number of rotatable bonds is 4. The molecule has 2 heterocycles. The number of amides is 2. The number of nitrogens with zero attached hydrogens (tertiary/aromatic N) is 4. The summed E-state index contributed by atoms with van der Waals surface area (Å²) in [6.45, 7) is 0.0734. The summed E-state index contributed by atoms with van der Waals surface area (Å²) in [5, 5.41) is 16.4. The molecular formula is C18H15F3N6O2. The van der Waals surface area contributed by atoms with Gasteiger partial charge in [0.25, 0.3) is 0 Å². The molecule has 2 aromatic carbocycles. The van der Waals surface area contributed by atoms with Crippen molar-refractivity contribution in [1.82, 2.24) is 25.5 Å². The Hall–Kier alpha value is -3.63. The van der Waals surface area contributed by atoms with Gasteiger partial charge >= 0.3 is 6.03 Å². The number of benzene rings is 2. The SMILES string of the molecule is COc1cc(F)c(C2Cn3nnnc3C2NC(=O)Nc2ccc(F)cc2)c(F)c1. The lowest BCUT2D eigenvalue weighted by molar-refractivity contribution is 0.246. The van der Waals surface area contributed by atoms with E-state index in [-0.39, 0.29) is 23.7 Å². The third-order valence-corrected chi connectivity index (χ3v) is 4.66. The monoisotopic (exact) mass is 404 g/mol. The highest BCUT2D eigenvalue weighted by Crippen LogP contribution is 2.40. The van der Waals surface area contributed by atoms with E-state index in [9.17, 15) is 18.0 Å². The predicted octanol–water partition coefficient (Wildman–Crippen LogP) is 2.76. The first-order valence-electron chi connectivity index (χ1n) is 8.58. The number of ether oxygens (including phenoxy) is 1. The number of fused-ring (bicyclic) bond motifs is 1. The van der Waals surface area contributed by atoms with Crippen molar-refractivity contribution in [1.29, 1.82) is 0 Å². The van der Waals surface area contributed by atoms with E-state index in [1.165, 1.54) is 36.1 Å². The normalized spacial score (nSPS) is 17.7. The van der Waals surface area contributed by atoms with Gasteiger partial charge in [0.1, 0.15) is 29.2 Å². The van der Waals surface area contributed by atoms with Crippen LogP contribution in [0.1, 0.15) is 23.3 Å². The minimum absolute atomic E-state index is 0.0397. The van der Waals surface area contributed by atoms with Gasteiger partial charge in [-0.1, -0.05) is 0 Å². The summed E-state index contributed by atoms with van der Waals surface area (Å²) >= 11 is 0. The first-order valence-corrected chi connectivity index (χ1v) is 8.58. The Kier molecular flexibility index (Phi) is 4.79. The molecule has 2 N–H and O–H groups in total. The molecule has 3 aromatic rings. The van der Waals surface area contributed by atoms with E-state index in [4.69, 9.17) is 4.74 Å². The molecule has 1 aliphatic rings. The zero-order valence-electron chi connectivity index (χ0n) is 15.1. The molecule has 0 spiro atoms. The first-order chi connectivity index (χ1) is 14.0. The summed E-state index contributed by atoms with van der Waals surface area (Å²) in [6.07, 6.45) is 0. The molecule has 0 saturated heterocycles. The molecule has 0 radical (unpaired) electrons. The van der Waals surface area contributed by atoms with Crippen LogP contribution in [0.15, 0.2) is 36.4 Å². The van der Waals surface area contributed by atoms with Crippen molar-refractivity contribution in [3.63, 3.8) is 0 Å². The Labute approximate surface area is 162 Å². The van der Waals surface area contributed by atoms with Crippen molar-refractivity contribution in [3.8, 4) is 5.75 Å². The van der Waals surface area contributed by atoms with Gasteiger partial charge in [-0.05, 0) is 34.7 Å². The summed E-state index contributed by atoms with van der Waals surface area (Å²) < 4.78 is 48.5. The lowest BCUT2D eigenvalue weighted by atomic mass is 9.92. The standard InChI is InChI=1S/C18H15F3N6O2/c1-29-11-6-13(20)15(14(21)7-11)12-8-27-17(24-25-26-27)16(12)23-18(28)22-10-4-2-9(19)3-5-10/h2-7,12,16H,8H2,1H3,(H2,22,23,28). The summed E-state index contributed by atoms with van der Waals surface area (Å²) in [4.78, 5) is 12.4. The maximum absolute atomic E-state index is 14.6. The van der Waals surface area contributed by atoms with E-state index in [0.717, 1.165) is 12.1 Å². The first kappa shape index (κ1) is 18.7. The number of methoxy groups -OCH3 is 1. The van der Waals surface area contributed by atoms with Crippen LogP contribution in [-0.2, 0) is 6.54 Å². The van der Waals surface area contributed by atoms with Gasteiger partial charge < -0.3 is 15.4 Å². The van der Waals surface area contributed by atoms with Crippen molar-refractivity contribution >= 4 is 11.7 Å². The molecule has 2 atom stereocenters. The molecule has 4 rings (SSSR count). The Bertz CT molecular complexity index is 1030. The Balaban J connectivity index is 1.61. The highest BCUT2D eigenvalue weighted by Gasteiger charge is 2.40. The fourth-order valence-electron chi connectivity index (χ4n) is 3.33. The number of hydrogen-bond donors (Lipinski definition) is 2. The minimum Gasteiger partial charge on any atom is -0.497 e. The topological polar surface area (TPSA) is 94.0 Å². The molecule has 29 heavy (non-hydrogen) atoms. The van der Waals surface area contributed by atoms with Gasteiger partial charge in [0.05, 0.1) is 13.7 Å². The van der Waals surface area contributed by atoms with Crippen LogP contribution in [-0.4, -0.2) is 33.3 Å². The number of hydrogen-bond acceptors (Lipinski definition) is 5. The number of tetrazole rings is 1. The zero-order chi connectivity index (χ0) is 20.5. The number of urea groups is 1. The average Bonchev–Trinajstić information content (AvgIpc) is 3.26. The average molecular weight is 404 g/mol. The lowest BCUT2D eigenvalue weighted by Gasteiger charge is -2.21. The predicted molar refractivity (Wildman–Crippen MR) is 94.8 cm³/mol. The Morgan fingerprint density at radius 3 is 2.52 bits per heavy atom. The molecule has 2 amide bonds. The van der Waals surface area contributed by atoms with Gasteiger partial charge in [-0.25, -0.2) is 22.6 Å². The Morgan fingerprint density at radius 1 is 1.17 bits per heavy atom. The number of carbonyl (C=O) groups excluding carboxylic acids is 1. The van der Waals surface area contributed by atoms with E-state index in [2.05, 4.69) is 26.2 Å². The number of nitrogens with one attached hydrogen (secondary N) is 2. The number of anilines is 1. The molecule has 0 bridgehead atoms. The quantitative estimate of drug-likeness (QED) is 0.698. The highest BCUT2D eigenvalue weighted by molar-refractivity contribution is 5.89. The van der Waals surface area contributed by atoms with E-state index in [1.807, 2.05) is 0 Å². The fourth-order valence-corrected chi connectivity index (χ4v) is 3.33. The summed E-state index contributed by atoms with van der Waals surface area (Å²) in [6, 6.07) is 5.75. The van der Waals surface area contributed by atoms with Crippen LogP contribution in [0.5, 0.6) is 5.75 Å². The van der Waals surface area contributed by atoms with Gasteiger partial charge in [-0.15, -0.1) is 5.10 Å². The van der Waals surface area contributed by atoms with Crippen LogP contribution >= 0.6 is 0 Å². The van der Waals surface area contributed by atoms with Crippen LogP contribution in [0.3, 0.4) is 0 Å².